The van der Waals surface area contributed by atoms with Crippen molar-refractivity contribution in [1.29, 1.82) is 0 Å². The molecule has 2 aromatic heterocycles. The maximum absolute atomic E-state index is 14.7. The molecule has 180 valence electrons. The van der Waals surface area contributed by atoms with Crippen molar-refractivity contribution >= 4 is 44.9 Å². The van der Waals surface area contributed by atoms with Crippen molar-refractivity contribution in [1.82, 2.24) is 9.97 Å². The van der Waals surface area contributed by atoms with Crippen molar-refractivity contribution in [3.8, 4) is 23.0 Å². The molecule has 4 rings (SSSR count). The van der Waals surface area contributed by atoms with Crippen LogP contribution in [-0.4, -0.2) is 36.0 Å². The SMILES string of the molecule is COc1cc2nccc(Oc3ccc(NC(=O)Nc4nc(C)c(C(C)=O)s4)c(F)c3)c2cc1OC. The van der Waals surface area contributed by atoms with E-state index >= 15 is 0 Å². The van der Waals surface area contributed by atoms with Crippen molar-refractivity contribution in [3.63, 3.8) is 0 Å². The molecule has 0 saturated heterocycles. The number of ether oxygens (including phenoxy) is 3. The zero-order chi connectivity index (χ0) is 25.1. The Bertz CT molecular complexity index is 1440. The number of nitrogens with one attached hydrogen (secondary N) is 2. The Balaban J connectivity index is 1.51. The summed E-state index contributed by atoms with van der Waals surface area (Å²) in [6.07, 6.45) is 1.57. The third-order valence-electron chi connectivity index (χ3n) is 4.96. The number of halogens is 1. The van der Waals surface area contributed by atoms with Crippen LogP contribution in [0.3, 0.4) is 0 Å². The third kappa shape index (κ3) is 5.14. The van der Waals surface area contributed by atoms with Gasteiger partial charge in [-0.2, -0.15) is 0 Å². The lowest BCUT2D eigenvalue weighted by Crippen LogP contribution is -2.20. The van der Waals surface area contributed by atoms with Gasteiger partial charge in [0.15, 0.2) is 22.4 Å². The van der Waals surface area contributed by atoms with Crippen LogP contribution in [0.15, 0.2) is 42.6 Å². The van der Waals surface area contributed by atoms with Crippen molar-refractivity contribution in [2.75, 3.05) is 24.9 Å². The first-order valence-electron chi connectivity index (χ1n) is 10.3. The number of aromatic nitrogens is 2. The Hall–Kier alpha value is -4.25. The number of fused-ring (bicyclic) bond motifs is 1. The van der Waals surface area contributed by atoms with Crippen molar-refractivity contribution in [2.24, 2.45) is 0 Å². The molecule has 0 aliphatic carbocycles. The number of pyridine rings is 1. The number of Topliss-reactive ketones (excluding diaryl/α,β-unsaturated/α-hetero) is 1. The molecule has 2 heterocycles. The largest absolute Gasteiger partial charge is 0.493 e. The predicted molar refractivity (Wildman–Crippen MR) is 131 cm³/mol. The smallest absolute Gasteiger partial charge is 0.325 e. The second kappa shape index (κ2) is 9.94. The number of anilines is 2. The minimum Gasteiger partial charge on any atom is -0.493 e. The lowest BCUT2D eigenvalue weighted by Gasteiger charge is -2.13. The summed E-state index contributed by atoms with van der Waals surface area (Å²) < 4.78 is 31.3. The van der Waals surface area contributed by atoms with Gasteiger partial charge in [-0.3, -0.25) is 15.1 Å². The van der Waals surface area contributed by atoms with Crippen LogP contribution in [0.2, 0.25) is 0 Å². The van der Waals surface area contributed by atoms with E-state index < -0.39 is 11.8 Å². The molecular weight excluding hydrogens is 475 g/mol. The maximum atomic E-state index is 14.7. The van der Waals surface area contributed by atoms with Crippen molar-refractivity contribution in [3.05, 3.63) is 59.0 Å². The van der Waals surface area contributed by atoms with E-state index in [4.69, 9.17) is 14.2 Å². The highest BCUT2D eigenvalue weighted by molar-refractivity contribution is 7.17. The molecule has 0 spiro atoms. The predicted octanol–water partition coefficient (Wildman–Crippen LogP) is 5.79. The van der Waals surface area contributed by atoms with Crippen LogP contribution in [-0.2, 0) is 0 Å². The number of nitrogens with zero attached hydrogens (tertiary/aromatic N) is 2. The molecule has 35 heavy (non-hydrogen) atoms. The Kier molecular flexibility index (Phi) is 6.78. The van der Waals surface area contributed by atoms with Gasteiger partial charge in [0.2, 0.25) is 0 Å². The number of thiazole rings is 1. The topological polar surface area (TPSA) is 112 Å². The minimum absolute atomic E-state index is 0.0547. The molecule has 0 atom stereocenters. The fourth-order valence-corrected chi connectivity index (χ4v) is 4.21. The summed E-state index contributed by atoms with van der Waals surface area (Å²) in [4.78, 5) is 32.8. The number of ketones is 1. The van der Waals surface area contributed by atoms with Crippen LogP contribution in [0.25, 0.3) is 10.9 Å². The molecule has 4 aromatic rings. The number of rotatable bonds is 7. The highest BCUT2D eigenvalue weighted by Gasteiger charge is 2.16. The van der Waals surface area contributed by atoms with E-state index in [0.717, 1.165) is 17.4 Å². The van der Waals surface area contributed by atoms with E-state index in [1.165, 1.54) is 33.3 Å². The zero-order valence-electron chi connectivity index (χ0n) is 19.3. The molecule has 9 nitrogen and oxygen atoms in total. The molecule has 0 fully saturated rings. The second-order valence-electron chi connectivity index (χ2n) is 7.35. The van der Waals surface area contributed by atoms with Gasteiger partial charge in [0.25, 0.3) is 0 Å². The first kappa shape index (κ1) is 23.9. The quantitative estimate of drug-likeness (QED) is 0.311. The number of methoxy groups -OCH3 is 2. The molecule has 0 bridgehead atoms. The van der Waals surface area contributed by atoms with Crippen LogP contribution < -0.4 is 24.8 Å². The van der Waals surface area contributed by atoms with Gasteiger partial charge in [-0.1, -0.05) is 11.3 Å². The molecule has 0 saturated carbocycles. The van der Waals surface area contributed by atoms with Crippen LogP contribution in [0.4, 0.5) is 20.0 Å². The number of hydrogen-bond donors (Lipinski definition) is 2. The van der Waals surface area contributed by atoms with Gasteiger partial charge < -0.3 is 19.5 Å². The summed E-state index contributed by atoms with van der Waals surface area (Å²) in [7, 11) is 3.06. The molecule has 11 heteroatoms. The third-order valence-corrected chi connectivity index (χ3v) is 6.13. The number of carbonyl (C=O) groups is 2. The summed E-state index contributed by atoms with van der Waals surface area (Å²) in [5.74, 6) is 0.839. The number of hydrogen-bond acceptors (Lipinski definition) is 8. The van der Waals surface area contributed by atoms with Crippen LogP contribution >= 0.6 is 11.3 Å². The van der Waals surface area contributed by atoms with Gasteiger partial charge in [-0.15, -0.1) is 0 Å². The van der Waals surface area contributed by atoms with Crippen LogP contribution in [0, 0.1) is 12.7 Å². The van der Waals surface area contributed by atoms with Gasteiger partial charge in [0.1, 0.15) is 17.3 Å². The summed E-state index contributed by atoms with van der Waals surface area (Å²) in [5, 5.41) is 5.82. The summed E-state index contributed by atoms with van der Waals surface area (Å²) in [6.45, 7) is 3.10. The summed E-state index contributed by atoms with van der Waals surface area (Å²) >= 11 is 1.05. The highest BCUT2D eigenvalue weighted by Crippen LogP contribution is 2.37. The van der Waals surface area contributed by atoms with E-state index in [9.17, 15) is 14.0 Å². The highest BCUT2D eigenvalue weighted by atomic mass is 32.1. The fraction of sp³-hybridized carbons (Fsp3) is 0.167. The molecule has 0 unspecified atom stereocenters. The van der Waals surface area contributed by atoms with Gasteiger partial charge in [0.05, 0.1) is 36.0 Å². The summed E-state index contributed by atoms with van der Waals surface area (Å²) in [5.41, 5.74) is 1.08. The van der Waals surface area contributed by atoms with E-state index in [-0.39, 0.29) is 22.4 Å². The molecule has 0 aliphatic rings. The lowest BCUT2D eigenvalue weighted by molar-refractivity contribution is 0.102. The Morgan fingerprint density at radius 2 is 1.74 bits per heavy atom. The molecule has 0 aliphatic heterocycles. The normalized spacial score (nSPS) is 10.7. The molecule has 2 amide bonds. The maximum Gasteiger partial charge on any atom is 0.325 e. The Labute approximate surface area is 203 Å². The average Bonchev–Trinajstić information content (AvgIpc) is 3.20. The fourth-order valence-electron chi connectivity index (χ4n) is 3.35. The van der Waals surface area contributed by atoms with E-state index in [1.54, 1.807) is 31.3 Å². The van der Waals surface area contributed by atoms with Gasteiger partial charge >= 0.3 is 6.03 Å². The molecule has 0 radical (unpaired) electrons. The van der Waals surface area contributed by atoms with Crippen LogP contribution in [0.1, 0.15) is 22.3 Å². The first-order chi connectivity index (χ1) is 16.8. The summed E-state index contributed by atoms with van der Waals surface area (Å²) in [6, 6.07) is 8.46. The standard InChI is InChI=1S/C24H21FN4O5S/c1-12-22(13(2)30)35-24(27-12)29-23(31)28-17-6-5-14(9-16(17)25)34-19-7-8-26-18-11-21(33-4)20(32-3)10-15(18)19/h5-11H,1-4H3,(H2,27,28,29,31). The van der Waals surface area contributed by atoms with Crippen molar-refractivity contribution < 1.29 is 28.2 Å². The number of aryl methyl sites for hydroxylation is 1. The molecular formula is C24H21FN4O5S. The minimum atomic E-state index is -0.699. The van der Waals surface area contributed by atoms with Crippen molar-refractivity contribution in [2.45, 2.75) is 13.8 Å². The van der Waals surface area contributed by atoms with E-state index in [1.807, 2.05) is 0 Å². The van der Waals surface area contributed by atoms with Gasteiger partial charge in [0, 0.05) is 30.6 Å². The lowest BCUT2D eigenvalue weighted by atomic mass is 10.2. The van der Waals surface area contributed by atoms with E-state index in [0.29, 0.717) is 38.7 Å². The van der Waals surface area contributed by atoms with E-state index in [2.05, 4.69) is 20.6 Å². The van der Waals surface area contributed by atoms with Crippen LogP contribution in [0.5, 0.6) is 23.0 Å². The molecule has 2 N–H and O–H groups in total. The van der Waals surface area contributed by atoms with Gasteiger partial charge in [-0.25, -0.2) is 14.2 Å². The Morgan fingerprint density at radius 3 is 2.40 bits per heavy atom. The number of amides is 2. The van der Waals surface area contributed by atoms with Gasteiger partial charge in [-0.05, 0) is 31.2 Å². The zero-order valence-corrected chi connectivity index (χ0v) is 20.1. The average molecular weight is 497 g/mol. The second-order valence-corrected chi connectivity index (χ2v) is 8.35. The first-order valence-corrected chi connectivity index (χ1v) is 11.1. The molecule has 2 aromatic carbocycles. The Morgan fingerprint density at radius 1 is 1.00 bits per heavy atom. The number of carbonyl (C=O) groups excluding carboxylic acids is 2. The number of urea groups is 1. The monoisotopic (exact) mass is 496 g/mol. The number of benzene rings is 2.